The summed E-state index contributed by atoms with van der Waals surface area (Å²) in [7, 11) is 0. The third kappa shape index (κ3) is 6.00. The van der Waals surface area contributed by atoms with E-state index in [1.165, 1.54) is 12.1 Å². The average Bonchev–Trinajstić information content (AvgIpc) is 2.60. The number of rotatable bonds is 7. The second-order valence-electron chi connectivity index (χ2n) is 5.31. The summed E-state index contributed by atoms with van der Waals surface area (Å²) in [6, 6.07) is 12.8. The van der Waals surface area contributed by atoms with Crippen LogP contribution in [-0.4, -0.2) is 36.1 Å². The molecule has 25 heavy (non-hydrogen) atoms. The van der Waals surface area contributed by atoms with Crippen LogP contribution in [0.2, 0.25) is 5.02 Å². The van der Waals surface area contributed by atoms with E-state index in [2.05, 4.69) is 10.6 Å². The molecular formula is C18H19ClN2O4. The Labute approximate surface area is 150 Å². The summed E-state index contributed by atoms with van der Waals surface area (Å²) < 4.78 is 5.51. The van der Waals surface area contributed by atoms with Crippen molar-refractivity contribution in [3.8, 4) is 11.5 Å². The number of phenols is 1. The molecule has 1 unspecified atom stereocenters. The van der Waals surface area contributed by atoms with Gasteiger partial charge in [0.05, 0.1) is 0 Å². The number of benzene rings is 2. The molecule has 0 radical (unpaired) electrons. The van der Waals surface area contributed by atoms with Crippen molar-refractivity contribution in [1.29, 1.82) is 0 Å². The van der Waals surface area contributed by atoms with Crippen LogP contribution in [0.5, 0.6) is 11.5 Å². The Morgan fingerprint density at radius 2 is 1.80 bits per heavy atom. The number of carbonyl (C=O) groups is 2. The summed E-state index contributed by atoms with van der Waals surface area (Å²) in [6.45, 7) is 2.15. The molecule has 6 nitrogen and oxygen atoms in total. The van der Waals surface area contributed by atoms with Gasteiger partial charge in [-0.3, -0.25) is 9.59 Å². The lowest BCUT2D eigenvalue weighted by atomic mass is 10.2. The van der Waals surface area contributed by atoms with Crippen LogP contribution in [0, 0.1) is 0 Å². The van der Waals surface area contributed by atoms with Crippen LogP contribution in [0.15, 0.2) is 48.5 Å². The molecule has 1 atom stereocenters. The van der Waals surface area contributed by atoms with Gasteiger partial charge in [-0.1, -0.05) is 17.7 Å². The normalized spacial score (nSPS) is 11.4. The number of halogens is 1. The molecule has 0 aliphatic carbocycles. The molecule has 0 bridgehead atoms. The van der Waals surface area contributed by atoms with E-state index in [-0.39, 0.29) is 30.7 Å². The SMILES string of the molecule is CC(Oc1ccc(Cl)cc1)C(=O)NCCNC(=O)c1cccc(O)c1. The highest BCUT2D eigenvalue weighted by molar-refractivity contribution is 6.30. The number of hydrogen-bond acceptors (Lipinski definition) is 4. The summed E-state index contributed by atoms with van der Waals surface area (Å²) in [5, 5.41) is 15.3. The number of ether oxygens (including phenoxy) is 1. The van der Waals surface area contributed by atoms with E-state index in [1.54, 1.807) is 43.3 Å². The fourth-order valence-corrected chi connectivity index (χ4v) is 2.15. The smallest absolute Gasteiger partial charge is 0.260 e. The van der Waals surface area contributed by atoms with Gasteiger partial charge in [0.25, 0.3) is 11.8 Å². The maximum atomic E-state index is 12.0. The zero-order valence-corrected chi connectivity index (χ0v) is 14.4. The molecule has 2 aromatic rings. The van der Waals surface area contributed by atoms with Crippen molar-refractivity contribution in [2.75, 3.05) is 13.1 Å². The molecule has 2 amide bonds. The Morgan fingerprint density at radius 3 is 2.48 bits per heavy atom. The molecular weight excluding hydrogens is 344 g/mol. The summed E-state index contributed by atoms with van der Waals surface area (Å²) in [6.07, 6.45) is -0.678. The van der Waals surface area contributed by atoms with Gasteiger partial charge in [0.15, 0.2) is 6.10 Å². The minimum absolute atomic E-state index is 0.0223. The summed E-state index contributed by atoms with van der Waals surface area (Å²) in [5.41, 5.74) is 0.353. The summed E-state index contributed by atoms with van der Waals surface area (Å²) >= 11 is 5.79. The fraction of sp³-hybridized carbons (Fsp3) is 0.222. The minimum atomic E-state index is -0.678. The molecule has 0 spiro atoms. The number of phenolic OH excluding ortho intramolecular Hbond substituents is 1. The number of hydrogen-bond donors (Lipinski definition) is 3. The number of amides is 2. The highest BCUT2D eigenvalue weighted by atomic mass is 35.5. The van der Waals surface area contributed by atoms with Gasteiger partial charge < -0.3 is 20.5 Å². The van der Waals surface area contributed by atoms with E-state index >= 15 is 0 Å². The standard InChI is InChI=1S/C18H19ClN2O4/c1-12(25-16-7-5-14(19)6-8-16)17(23)20-9-10-21-18(24)13-3-2-4-15(22)11-13/h2-8,11-12,22H,9-10H2,1H3,(H,20,23)(H,21,24). The van der Waals surface area contributed by atoms with Crippen LogP contribution in [0.25, 0.3) is 0 Å². The number of aromatic hydroxyl groups is 1. The predicted octanol–water partition coefficient (Wildman–Crippen LogP) is 2.36. The minimum Gasteiger partial charge on any atom is -0.508 e. The largest absolute Gasteiger partial charge is 0.508 e. The Kier molecular flexibility index (Phi) is 6.65. The lowest BCUT2D eigenvalue weighted by molar-refractivity contribution is -0.127. The van der Waals surface area contributed by atoms with E-state index < -0.39 is 6.10 Å². The summed E-state index contributed by atoms with van der Waals surface area (Å²) in [5.74, 6) is -0.0458. The van der Waals surface area contributed by atoms with E-state index in [4.69, 9.17) is 16.3 Å². The Balaban J connectivity index is 1.71. The first-order chi connectivity index (χ1) is 12.0. The molecule has 0 aliphatic heterocycles. The molecule has 0 saturated heterocycles. The van der Waals surface area contributed by atoms with Gasteiger partial charge in [0.2, 0.25) is 0 Å². The molecule has 0 fully saturated rings. The quantitative estimate of drug-likeness (QED) is 0.660. The molecule has 0 heterocycles. The molecule has 7 heteroatoms. The highest BCUT2D eigenvalue weighted by Crippen LogP contribution is 2.16. The first-order valence-electron chi connectivity index (χ1n) is 7.73. The van der Waals surface area contributed by atoms with Crippen molar-refractivity contribution in [3.05, 3.63) is 59.1 Å². The lowest BCUT2D eigenvalue weighted by Gasteiger charge is -2.15. The summed E-state index contributed by atoms with van der Waals surface area (Å²) in [4.78, 5) is 23.8. The second kappa shape index (κ2) is 8.94. The van der Waals surface area contributed by atoms with Crippen molar-refractivity contribution in [2.45, 2.75) is 13.0 Å². The van der Waals surface area contributed by atoms with Crippen molar-refractivity contribution in [3.63, 3.8) is 0 Å². The third-order valence-corrected chi connectivity index (χ3v) is 3.57. The van der Waals surface area contributed by atoms with Crippen molar-refractivity contribution < 1.29 is 19.4 Å². The fourth-order valence-electron chi connectivity index (χ4n) is 2.03. The monoisotopic (exact) mass is 362 g/mol. The van der Waals surface area contributed by atoms with Gasteiger partial charge in [0.1, 0.15) is 11.5 Å². The van der Waals surface area contributed by atoms with Gasteiger partial charge in [0, 0.05) is 23.7 Å². The van der Waals surface area contributed by atoms with E-state index in [1.807, 2.05) is 0 Å². The molecule has 0 aromatic heterocycles. The van der Waals surface area contributed by atoms with E-state index in [0.717, 1.165) is 0 Å². The number of nitrogens with one attached hydrogen (secondary N) is 2. The van der Waals surface area contributed by atoms with Crippen molar-refractivity contribution in [2.24, 2.45) is 0 Å². The van der Waals surface area contributed by atoms with E-state index in [0.29, 0.717) is 16.3 Å². The number of carbonyl (C=O) groups excluding carboxylic acids is 2. The van der Waals surface area contributed by atoms with Crippen molar-refractivity contribution in [1.82, 2.24) is 10.6 Å². The van der Waals surface area contributed by atoms with Crippen LogP contribution in [-0.2, 0) is 4.79 Å². The first-order valence-corrected chi connectivity index (χ1v) is 8.10. The Bertz CT molecular complexity index is 734. The van der Waals surface area contributed by atoms with Crippen LogP contribution in [0.4, 0.5) is 0 Å². The highest BCUT2D eigenvalue weighted by Gasteiger charge is 2.14. The van der Waals surface area contributed by atoms with Gasteiger partial charge in [-0.25, -0.2) is 0 Å². The van der Waals surface area contributed by atoms with Crippen molar-refractivity contribution >= 4 is 23.4 Å². The van der Waals surface area contributed by atoms with Crippen LogP contribution >= 0.6 is 11.6 Å². The molecule has 2 rings (SSSR count). The Morgan fingerprint density at radius 1 is 1.12 bits per heavy atom. The van der Waals surface area contributed by atoms with Crippen LogP contribution < -0.4 is 15.4 Å². The van der Waals surface area contributed by atoms with Gasteiger partial charge in [-0.05, 0) is 49.4 Å². The Hall–Kier alpha value is -2.73. The average molecular weight is 363 g/mol. The topological polar surface area (TPSA) is 87.7 Å². The molecule has 2 aromatic carbocycles. The van der Waals surface area contributed by atoms with Gasteiger partial charge >= 0.3 is 0 Å². The molecule has 3 N–H and O–H groups in total. The zero-order valence-electron chi connectivity index (χ0n) is 13.7. The maximum Gasteiger partial charge on any atom is 0.260 e. The molecule has 0 aliphatic rings. The maximum absolute atomic E-state index is 12.0. The zero-order chi connectivity index (χ0) is 18.2. The second-order valence-corrected chi connectivity index (χ2v) is 5.75. The van der Waals surface area contributed by atoms with Gasteiger partial charge in [-0.2, -0.15) is 0 Å². The first kappa shape index (κ1) is 18.6. The van der Waals surface area contributed by atoms with Gasteiger partial charge in [-0.15, -0.1) is 0 Å². The van der Waals surface area contributed by atoms with E-state index in [9.17, 15) is 14.7 Å². The lowest BCUT2D eigenvalue weighted by Crippen LogP contribution is -2.40. The van der Waals surface area contributed by atoms with Crippen LogP contribution in [0.3, 0.4) is 0 Å². The molecule has 132 valence electrons. The third-order valence-electron chi connectivity index (χ3n) is 3.31. The van der Waals surface area contributed by atoms with Crippen LogP contribution in [0.1, 0.15) is 17.3 Å². The molecule has 0 saturated carbocycles. The predicted molar refractivity (Wildman–Crippen MR) is 95.0 cm³/mol.